The summed E-state index contributed by atoms with van der Waals surface area (Å²) in [7, 11) is 0. The topological polar surface area (TPSA) is 116 Å². The number of nitro groups is 1. The first-order valence-electron chi connectivity index (χ1n) is 10.1. The third kappa shape index (κ3) is 4.90. The summed E-state index contributed by atoms with van der Waals surface area (Å²) >= 11 is 1.15. The van der Waals surface area contributed by atoms with Crippen molar-refractivity contribution in [2.45, 2.75) is 19.0 Å². The van der Waals surface area contributed by atoms with Crippen LogP contribution in [0, 0.1) is 24.0 Å². The minimum atomic E-state index is -0.535. The lowest BCUT2D eigenvalue weighted by Gasteiger charge is -2.11. The van der Waals surface area contributed by atoms with E-state index in [0.29, 0.717) is 5.16 Å². The molecule has 0 aliphatic carbocycles. The molecular formula is C23H20N6O3S. The van der Waals surface area contributed by atoms with Crippen LogP contribution in [0.15, 0.2) is 71.9 Å². The average Bonchev–Trinajstić information content (AvgIpc) is 3.26. The summed E-state index contributed by atoms with van der Waals surface area (Å²) in [6.07, 6.45) is 0. The molecule has 0 atom stereocenters. The molecule has 3 aromatic carbocycles. The van der Waals surface area contributed by atoms with Gasteiger partial charge in [-0.3, -0.25) is 14.9 Å². The minimum absolute atomic E-state index is 0.00718. The van der Waals surface area contributed by atoms with E-state index in [-0.39, 0.29) is 17.1 Å². The van der Waals surface area contributed by atoms with Gasteiger partial charge in [0.05, 0.1) is 16.4 Å². The molecule has 10 heteroatoms. The van der Waals surface area contributed by atoms with Gasteiger partial charge in [-0.05, 0) is 64.7 Å². The van der Waals surface area contributed by atoms with Gasteiger partial charge in [0.15, 0.2) is 0 Å². The summed E-state index contributed by atoms with van der Waals surface area (Å²) in [6, 6.07) is 20.2. The summed E-state index contributed by atoms with van der Waals surface area (Å²) < 4.78 is 1.58. The van der Waals surface area contributed by atoms with Crippen LogP contribution in [0.5, 0.6) is 0 Å². The van der Waals surface area contributed by atoms with E-state index in [0.717, 1.165) is 34.1 Å². The summed E-state index contributed by atoms with van der Waals surface area (Å²) in [6.45, 7) is 4.05. The number of aryl methyl sites for hydroxylation is 2. The van der Waals surface area contributed by atoms with Crippen LogP contribution < -0.4 is 5.32 Å². The Morgan fingerprint density at radius 1 is 1.06 bits per heavy atom. The van der Waals surface area contributed by atoms with Crippen LogP contribution in [0.4, 0.5) is 11.4 Å². The molecule has 0 unspecified atom stereocenters. The lowest BCUT2D eigenvalue weighted by molar-refractivity contribution is -0.383. The van der Waals surface area contributed by atoms with Crippen LogP contribution in [-0.2, 0) is 4.79 Å². The van der Waals surface area contributed by atoms with Gasteiger partial charge in [-0.1, -0.05) is 54.2 Å². The normalized spacial score (nSPS) is 10.7. The number of carbonyl (C=O) groups is 1. The van der Waals surface area contributed by atoms with Crippen molar-refractivity contribution >= 4 is 29.0 Å². The van der Waals surface area contributed by atoms with Crippen molar-refractivity contribution in [3.05, 3.63) is 88.0 Å². The number of rotatable bonds is 7. The van der Waals surface area contributed by atoms with Crippen molar-refractivity contribution < 1.29 is 9.72 Å². The van der Waals surface area contributed by atoms with E-state index < -0.39 is 10.8 Å². The maximum Gasteiger partial charge on any atom is 0.292 e. The molecule has 9 nitrogen and oxygen atoms in total. The van der Waals surface area contributed by atoms with Gasteiger partial charge >= 0.3 is 0 Å². The standard InChI is InChI=1S/C23H20N6O3S/c1-15-7-3-4-8-18(15)17-11-12-20(16(2)13-17)28-23(25-26-27-28)33-14-22(30)24-19-9-5-6-10-21(19)29(31)32/h3-13H,14H2,1-2H3,(H,24,30). The van der Waals surface area contributed by atoms with E-state index in [9.17, 15) is 14.9 Å². The highest BCUT2D eigenvalue weighted by Gasteiger charge is 2.17. The Labute approximate surface area is 194 Å². The van der Waals surface area contributed by atoms with E-state index in [1.807, 2.05) is 31.2 Å². The van der Waals surface area contributed by atoms with Crippen molar-refractivity contribution in [3.8, 4) is 16.8 Å². The number of carbonyl (C=O) groups excluding carboxylic acids is 1. The zero-order chi connectivity index (χ0) is 23.4. The number of nitrogens with one attached hydrogen (secondary N) is 1. The maximum atomic E-state index is 12.4. The number of nitro benzene ring substituents is 1. The van der Waals surface area contributed by atoms with E-state index >= 15 is 0 Å². The molecule has 0 aliphatic heterocycles. The number of aromatic nitrogens is 4. The Bertz CT molecular complexity index is 1340. The number of benzene rings is 3. The van der Waals surface area contributed by atoms with Crippen molar-refractivity contribution in [3.63, 3.8) is 0 Å². The predicted molar refractivity (Wildman–Crippen MR) is 127 cm³/mol. The van der Waals surface area contributed by atoms with Crippen LogP contribution in [0.1, 0.15) is 11.1 Å². The molecular weight excluding hydrogens is 440 g/mol. The largest absolute Gasteiger partial charge is 0.320 e. The van der Waals surface area contributed by atoms with E-state index in [4.69, 9.17) is 0 Å². The number of hydrogen-bond donors (Lipinski definition) is 1. The van der Waals surface area contributed by atoms with E-state index in [1.54, 1.807) is 16.8 Å². The maximum absolute atomic E-state index is 12.4. The van der Waals surface area contributed by atoms with Crippen LogP contribution >= 0.6 is 11.8 Å². The van der Waals surface area contributed by atoms with Crippen LogP contribution in [-0.4, -0.2) is 36.8 Å². The van der Waals surface area contributed by atoms with Crippen LogP contribution in [0.25, 0.3) is 16.8 Å². The molecule has 1 amide bonds. The zero-order valence-corrected chi connectivity index (χ0v) is 18.7. The SMILES string of the molecule is Cc1ccccc1-c1ccc(-n2nnnc2SCC(=O)Nc2ccccc2[N+](=O)[O-])c(C)c1. The Balaban J connectivity index is 1.49. The average molecular weight is 461 g/mol. The van der Waals surface area contributed by atoms with Gasteiger partial charge in [0.1, 0.15) is 5.69 Å². The first-order chi connectivity index (χ1) is 15.9. The van der Waals surface area contributed by atoms with Gasteiger partial charge in [0.2, 0.25) is 11.1 Å². The fourth-order valence-corrected chi connectivity index (χ4v) is 4.12. The third-order valence-corrected chi connectivity index (χ3v) is 5.95. The molecule has 0 aliphatic rings. The van der Waals surface area contributed by atoms with Crippen LogP contribution in [0.2, 0.25) is 0 Å². The number of tetrazole rings is 1. The fraction of sp³-hybridized carbons (Fsp3) is 0.130. The van der Waals surface area contributed by atoms with Crippen molar-refractivity contribution in [1.29, 1.82) is 0 Å². The number of para-hydroxylation sites is 2. The predicted octanol–water partition coefficient (Wildman–Crippen LogP) is 4.59. The van der Waals surface area contributed by atoms with Crippen molar-refractivity contribution in [2.24, 2.45) is 0 Å². The molecule has 0 bridgehead atoms. The number of thioether (sulfide) groups is 1. The highest BCUT2D eigenvalue weighted by Crippen LogP contribution is 2.28. The van der Waals surface area contributed by atoms with Gasteiger partial charge in [-0.25, -0.2) is 0 Å². The van der Waals surface area contributed by atoms with Gasteiger partial charge in [0.25, 0.3) is 5.69 Å². The second-order valence-corrected chi connectivity index (χ2v) is 8.24. The van der Waals surface area contributed by atoms with Crippen LogP contribution in [0.3, 0.4) is 0 Å². The van der Waals surface area contributed by atoms with Gasteiger partial charge in [-0.15, -0.1) is 5.10 Å². The molecule has 4 rings (SSSR count). The monoisotopic (exact) mass is 460 g/mol. The molecule has 4 aromatic rings. The van der Waals surface area contributed by atoms with Gasteiger partial charge < -0.3 is 5.32 Å². The number of nitrogens with zero attached hydrogens (tertiary/aromatic N) is 5. The molecule has 1 N–H and O–H groups in total. The fourth-order valence-electron chi connectivity index (χ4n) is 3.43. The Morgan fingerprint density at radius 2 is 1.82 bits per heavy atom. The number of anilines is 1. The zero-order valence-electron chi connectivity index (χ0n) is 17.9. The Morgan fingerprint density at radius 3 is 2.58 bits per heavy atom. The van der Waals surface area contributed by atoms with Gasteiger partial charge in [0, 0.05) is 6.07 Å². The first-order valence-corrected chi connectivity index (χ1v) is 11.0. The minimum Gasteiger partial charge on any atom is -0.320 e. The molecule has 0 saturated carbocycles. The molecule has 1 aromatic heterocycles. The lowest BCUT2D eigenvalue weighted by atomic mass is 9.98. The summed E-state index contributed by atoms with van der Waals surface area (Å²) in [5.41, 5.74) is 5.21. The molecule has 0 fully saturated rings. The smallest absolute Gasteiger partial charge is 0.292 e. The quantitative estimate of drug-likeness (QED) is 0.244. The first kappa shape index (κ1) is 22.2. The Hall–Kier alpha value is -4.05. The summed E-state index contributed by atoms with van der Waals surface area (Å²) in [5, 5.41) is 26.0. The molecule has 0 saturated heterocycles. The number of hydrogen-bond acceptors (Lipinski definition) is 7. The molecule has 166 valence electrons. The molecule has 0 radical (unpaired) electrons. The van der Waals surface area contributed by atoms with E-state index in [1.165, 1.54) is 17.7 Å². The van der Waals surface area contributed by atoms with E-state index in [2.05, 4.69) is 46.0 Å². The highest BCUT2D eigenvalue weighted by atomic mass is 32.2. The highest BCUT2D eigenvalue weighted by molar-refractivity contribution is 7.99. The molecule has 33 heavy (non-hydrogen) atoms. The second-order valence-electron chi connectivity index (χ2n) is 7.30. The third-order valence-electron chi connectivity index (χ3n) is 5.03. The summed E-state index contributed by atoms with van der Waals surface area (Å²) in [4.78, 5) is 23.0. The number of amides is 1. The molecule has 0 spiro atoms. The van der Waals surface area contributed by atoms with Gasteiger partial charge in [-0.2, -0.15) is 4.68 Å². The second kappa shape index (κ2) is 9.61. The Kier molecular flexibility index (Phi) is 6.45. The van der Waals surface area contributed by atoms with Crippen molar-refractivity contribution in [2.75, 3.05) is 11.1 Å². The lowest BCUT2D eigenvalue weighted by Crippen LogP contribution is -2.15. The molecule has 1 heterocycles. The summed E-state index contributed by atoms with van der Waals surface area (Å²) in [5.74, 6) is -0.400. The van der Waals surface area contributed by atoms with Crippen molar-refractivity contribution in [1.82, 2.24) is 20.2 Å².